The van der Waals surface area contributed by atoms with E-state index in [0.29, 0.717) is 5.75 Å². The summed E-state index contributed by atoms with van der Waals surface area (Å²) in [5, 5.41) is 3.12. The highest BCUT2D eigenvalue weighted by Gasteiger charge is 2.21. The van der Waals surface area contributed by atoms with Gasteiger partial charge in [0.25, 0.3) is 0 Å². The van der Waals surface area contributed by atoms with Crippen LogP contribution in [0.2, 0.25) is 0 Å². The van der Waals surface area contributed by atoms with Crippen molar-refractivity contribution in [2.45, 2.75) is 37.8 Å². The van der Waals surface area contributed by atoms with Crippen molar-refractivity contribution in [3.8, 4) is 5.75 Å². The molecule has 3 nitrogen and oxygen atoms in total. The summed E-state index contributed by atoms with van der Waals surface area (Å²) >= 11 is 0. The Labute approximate surface area is 112 Å². The second-order valence-corrected chi connectivity index (χ2v) is 7.48. The van der Waals surface area contributed by atoms with Crippen molar-refractivity contribution in [2.75, 3.05) is 14.2 Å². The van der Waals surface area contributed by atoms with Crippen LogP contribution in [0, 0.1) is 0 Å². The number of nitrogens with one attached hydrogen (secondary N) is 1. The van der Waals surface area contributed by atoms with Crippen LogP contribution in [-0.4, -0.2) is 23.1 Å². The first-order chi connectivity index (χ1) is 8.38. The van der Waals surface area contributed by atoms with Crippen molar-refractivity contribution in [3.63, 3.8) is 0 Å². The molecule has 0 bridgehead atoms. The fourth-order valence-electron chi connectivity index (χ4n) is 1.62. The zero-order valence-electron chi connectivity index (χ0n) is 11.9. The van der Waals surface area contributed by atoms with Crippen molar-refractivity contribution < 1.29 is 8.95 Å². The molecule has 0 aromatic heterocycles. The van der Waals surface area contributed by atoms with Crippen LogP contribution in [-0.2, 0) is 23.1 Å². The molecule has 1 N–H and O–H groups in total. The molecule has 1 aromatic rings. The molecule has 0 fully saturated rings. The summed E-state index contributed by atoms with van der Waals surface area (Å²) in [7, 11) is 2.65. The van der Waals surface area contributed by atoms with Gasteiger partial charge in [-0.3, -0.25) is 4.21 Å². The normalized spacial score (nSPS) is 13.4. The molecule has 0 aliphatic heterocycles. The lowest BCUT2D eigenvalue weighted by Gasteiger charge is -2.19. The Bertz CT molecular complexity index is 424. The van der Waals surface area contributed by atoms with Gasteiger partial charge in [0.15, 0.2) is 0 Å². The topological polar surface area (TPSA) is 38.3 Å². The van der Waals surface area contributed by atoms with Crippen LogP contribution in [0.25, 0.3) is 0 Å². The molecule has 0 radical (unpaired) electrons. The number of hydrogen-bond donors (Lipinski definition) is 1. The Kier molecular flexibility index (Phi) is 5.35. The third-order valence-corrected chi connectivity index (χ3v) is 4.63. The maximum absolute atomic E-state index is 12.2. The van der Waals surface area contributed by atoms with Gasteiger partial charge in [-0.25, -0.2) is 0 Å². The first-order valence-corrected chi connectivity index (χ1v) is 7.39. The smallest absolute Gasteiger partial charge is 0.123 e. The van der Waals surface area contributed by atoms with Crippen molar-refractivity contribution in [1.29, 1.82) is 0 Å². The van der Waals surface area contributed by atoms with Gasteiger partial charge in [0.1, 0.15) is 5.75 Å². The first-order valence-electron chi connectivity index (χ1n) is 6.07. The van der Waals surface area contributed by atoms with E-state index in [1.165, 1.54) is 5.56 Å². The molecule has 0 aliphatic carbocycles. The zero-order chi connectivity index (χ0) is 13.8. The molecule has 0 aliphatic rings. The second kappa shape index (κ2) is 6.34. The molecule has 102 valence electrons. The summed E-state index contributed by atoms with van der Waals surface area (Å²) in [4.78, 5) is 0. The molecule has 4 heteroatoms. The van der Waals surface area contributed by atoms with Gasteiger partial charge < -0.3 is 10.1 Å². The molecule has 0 amide bonds. The molecular formula is C14H23NO2S. The number of ether oxygens (including phenoxy) is 1. The monoisotopic (exact) mass is 269 g/mol. The number of hydrogen-bond acceptors (Lipinski definition) is 3. The minimum Gasteiger partial charge on any atom is -0.496 e. The van der Waals surface area contributed by atoms with Crippen LogP contribution in [0.3, 0.4) is 0 Å². The Balaban J connectivity index is 2.98. The highest BCUT2D eigenvalue weighted by atomic mass is 32.2. The summed E-state index contributed by atoms with van der Waals surface area (Å²) in [6, 6.07) is 6.04. The van der Waals surface area contributed by atoms with Crippen molar-refractivity contribution in [2.24, 2.45) is 0 Å². The van der Waals surface area contributed by atoms with Gasteiger partial charge in [0.05, 0.1) is 12.9 Å². The Morgan fingerprint density at radius 1 is 1.33 bits per heavy atom. The number of methoxy groups -OCH3 is 1. The van der Waals surface area contributed by atoms with E-state index in [4.69, 9.17) is 4.74 Å². The minimum absolute atomic E-state index is 0.204. The van der Waals surface area contributed by atoms with E-state index in [2.05, 4.69) is 11.4 Å². The largest absolute Gasteiger partial charge is 0.496 e. The maximum atomic E-state index is 12.2. The highest BCUT2D eigenvalue weighted by molar-refractivity contribution is 7.85. The van der Waals surface area contributed by atoms with Crippen LogP contribution >= 0.6 is 0 Å². The molecule has 1 unspecified atom stereocenters. The van der Waals surface area contributed by atoms with Crippen LogP contribution < -0.4 is 10.1 Å². The summed E-state index contributed by atoms with van der Waals surface area (Å²) in [6.07, 6.45) is 0. The second-order valence-electron chi connectivity index (χ2n) is 5.28. The van der Waals surface area contributed by atoms with Crippen LogP contribution in [0.15, 0.2) is 18.2 Å². The van der Waals surface area contributed by atoms with E-state index in [0.717, 1.165) is 17.9 Å². The number of rotatable bonds is 5. The predicted octanol–water partition coefficient (Wildman–Crippen LogP) is 2.46. The molecular weight excluding hydrogens is 246 g/mol. The van der Waals surface area contributed by atoms with Gasteiger partial charge in [0.2, 0.25) is 0 Å². The minimum atomic E-state index is -0.913. The van der Waals surface area contributed by atoms with E-state index in [-0.39, 0.29) is 4.75 Å². The summed E-state index contributed by atoms with van der Waals surface area (Å²) in [6.45, 7) is 6.78. The van der Waals surface area contributed by atoms with Gasteiger partial charge in [-0.2, -0.15) is 0 Å². The molecule has 0 saturated carbocycles. The van der Waals surface area contributed by atoms with Gasteiger partial charge in [-0.05, 0) is 45.5 Å². The summed E-state index contributed by atoms with van der Waals surface area (Å²) in [5.41, 5.74) is 2.19. The lowest BCUT2D eigenvalue weighted by atomic mass is 10.1. The Morgan fingerprint density at radius 2 is 2.00 bits per heavy atom. The summed E-state index contributed by atoms with van der Waals surface area (Å²) < 4.78 is 17.3. The highest BCUT2D eigenvalue weighted by Crippen LogP contribution is 2.24. The third-order valence-electron chi connectivity index (χ3n) is 2.70. The van der Waals surface area contributed by atoms with Gasteiger partial charge in [-0.15, -0.1) is 0 Å². The average Bonchev–Trinajstić information content (AvgIpc) is 2.28. The summed E-state index contributed by atoms with van der Waals surface area (Å²) in [5.74, 6) is 1.34. The van der Waals surface area contributed by atoms with Crippen LogP contribution in [0.1, 0.15) is 31.9 Å². The lowest BCUT2D eigenvalue weighted by Crippen LogP contribution is -2.23. The van der Waals surface area contributed by atoms with E-state index in [9.17, 15) is 4.21 Å². The zero-order valence-corrected chi connectivity index (χ0v) is 12.7. The molecule has 18 heavy (non-hydrogen) atoms. The molecule has 1 atom stereocenters. The standard InChI is InChI=1S/C14H23NO2S/c1-14(2,3)18(16)10-12-8-11(9-15-4)6-7-13(12)17-5/h6-8,15H,9-10H2,1-5H3. The van der Waals surface area contributed by atoms with Gasteiger partial charge in [0, 0.05) is 27.7 Å². The van der Waals surface area contributed by atoms with E-state index >= 15 is 0 Å². The molecule has 0 saturated heterocycles. The quantitative estimate of drug-likeness (QED) is 0.892. The molecule has 1 aromatic carbocycles. The fourth-order valence-corrected chi connectivity index (χ4v) is 2.56. The lowest BCUT2D eigenvalue weighted by molar-refractivity contribution is 0.411. The van der Waals surface area contributed by atoms with Crippen molar-refractivity contribution >= 4 is 10.8 Å². The molecule has 0 heterocycles. The maximum Gasteiger partial charge on any atom is 0.123 e. The SMILES string of the molecule is CNCc1ccc(OC)c(CS(=O)C(C)(C)C)c1. The van der Waals surface area contributed by atoms with Gasteiger partial charge in [-0.1, -0.05) is 6.07 Å². The Morgan fingerprint density at radius 3 is 2.50 bits per heavy atom. The molecule has 1 rings (SSSR count). The van der Waals surface area contributed by atoms with Gasteiger partial charge >= 0.3 is 0 Å². The van der Waals surface area contributed by atoms with Crippen molar-refractivity contribution in [1.82, 2.24) is 5.32 Å². The van der Waals surface area contributed by atoms with Crippen LogP contribution in [0.4, 0.5) is 0 Å². The van der Waals surface area contributed by atoms with E-state index in [1.54, 1.807) is 7.11 Å². The van der Waals surface area contributed by atoms with Crippen LogP contribution in [0.5, 0.6) is 5.75 Å². The number of benzene rings is 1. The third kappa shape index (κ3) is 4.10. The predicted molar refractivity (Wildman–Crippen MR) is 77.4 cm³/mol. The Hall–Kier alpha value is -0.870. The average molecular weight is 269 g/mol. The molecule has 0 spiro atoms. The first kappa shape index (κ1) is 15.2. The fraction of sp³-hybridized carbons (Fsp3) is 0.571. The van der Waals surface area contributed by atoms with Crippen molar-refractivity contribution in [3.05, 3.63) is 29.3 Å². The van der Waals surface area contributed by atoms with E-state index in [1.807, 2.05) is 40.0 Å². The van der Waals surface area contributed by atoms with E-state index < -0.39 is 10.8 Å².